The molecular formula is C11H16O3. The molecule has 14 heavy (non-hydrogen) atoms. The van der Waals surface area contributed by atoms with Gasteiger partial charge in [-0.15, -0.1) is 6.42 Å². The third-order valence-corrected chi connectivity index (χ3v) is 1.19. The molecule has 0 radical (unpaired) electrons. The molecular weight excluding hydrogens is 180 g/mol. The molecule has 0 heterocycles. The summed E-state index contributed by atoms with van der Waals surface area (Å²) >= 11 is 0. The smallest absolute Gasteiger partial charge is 0.157 e. The third-order valence-electron chi connectivity index (χ3n) is 1.19. The minimum Gasteiger partial charge on any atom is -0.378 e. The second kappa shape index (κ2) is 6.45. The van der Waals surface area contributed by atoms with E-state index in [-0.39, 0.29) is 19.5 Å². The van der Waals surface area contributed by atoms with Gasteiger partial charge in [0.2, 0.25) is 0 Å². The van der Waals surface area contributed by atoms with E-state index in [0.717, 1.165) is 0 Å². The fraction of sp³-hybridized carbons (Fsp3) is 0.636. The van der Waals surface area contributed by atoms with Crippen molar-refractivity contribution in [2.45, 2.75) is 32.7 Å². The van der Waals surface area contributed by atoms with Crippen molar-refractivity contribution in [1.82, 2.24) is 0 Å². The van der Waals surface area contributed by atoms with E-state index in [1.807, 2.05) is 0 Å². The van der Waals surface area contributed by atoms with E-state index in [0.29, 0.717) is 0 Å². The average molecular weight is 196 g/mol. The summed E-state index contributed by atoms with van der Waals surface area (Å²) in [4.78, 5) is 0. The summed E-state index contributed by atoms with van der Waals surface area (Å²) in [5, 5.41) is 9.24. The van der Waals surface area contributed by atoms with E-state index in [2.05, 4.69) is 17.8 Å². The Balaban J connectivity index is 3.63. The maximum atomic E-state index is 9.24. The molecule has 0 aromatic rings. The van der Waals surface area contributed by atoms with Crippen LogP contribution in [0.15, 0.2) is 0 Å². The molecule has 0 bridgehead atoms. The Bertz CT molecular complexity index is 246. The van der Waals surface area contributed by atoms with E-state index >= 15 is 0 Å². The normalized spacial score (nSPS) is 12.5. The Hall–Kier alpha value is -1.00. The monoisotopic (exact) mass is 196 g/mol. The highest BCUT2D eigenvalue weighted by Gasteiger charge is 2.05. The van der Waals surface area contributed by atoms with E-state index in [4.69, 9.17) is 15.9 Å². The van der Waals surface area contributed by atoms with Gasteiger partial charge in [-0.1, -0.05) is 17.8 Å². The first kappa shape index (κ1) is 13.0. The molecule has 0 amide bonds. The van der Waals surface area contributed by atoms with Crippen molar-refractivity contribution in [3.63, 3.8) is 0 Å². The predicted molar refractivity (Wildman–Crippen MR) is 54.3 cm³/mol. The molecule has 0 aliphatic rings. The van der Waals surface area contributed by atoms with Crippen LogP contribution in [-0.4, -0.2) is 30.2 Å². The van der Waals surface area contributed by atoms with E-state index in [1.54, 1.807) is 20.8 Å². The van der Waals surface area contributed by atoms with Crippen LogP contribution in [0.25, 0.3) is 0 Å². The summed E-state index contributed by atoms with van der Waals surface area (Å²) in [5.41, 5.74) is -0.980. The van der Waals surface area contributed by atoms with Gasteiger partial charge in [0.1, 0.15) is 18.8 Å². The number of ether oxygens (including phenoxy) is 2. The summed E-state index contributed by atoms with van der Waals surface area (Å²) in [6.07, 6.45) is 4.62. The van der Waals surface area contributed by atoms with Gasteiger partial charge in [0, 0.05) is 0 Å². The number of terminal acetylenes is 1. The van der Waals surface area contributed by atoms with Crippen molar-refractivity contribution in [3.8, 4) is 24.2 Å². The minimum atomic E-state index is -0.980. The number of hydrogen-bond acceptors (Lipinski definition) is 3. The van der Waals surface area contributed by atoms with Crippen LogP contribution in [0.4, 0.5) is 0 Å². The maximum absolute atomic E-state index is 9.24. The third kappa shape index (κ3) is 9.09. The second-order valence-electron chi connectivity index (χ2n) is 3.25. The molecule has 3 nitrogen and oxygen atoms in total. The standard InChI is InChI=1S/C11H16O3/c1-5-8-13-10(2)14-9-6-7-11(3,4)12/h1,10,12H,8-9H2,2-4H3. The van der Waals surface area contributed by atoms with Gasteiger partial charge < -0.3 is 14.6 Å². The van der Waals surface area contributed by atoms with Crippen molar-refractivity contribution in [2.24, 2.45) is 0 Å². The quantitative estimate of drug-likeness (QED) is 0.533. The van der Waals surface area contributed by atoms with Gasteiger partial charge in [-0.3, -0.25) is 0 Å². The molecule has 0 spiro atoms. The lowest BCUT2D eigenvalue weighted by atomic mass is 10.1. The van der Waals surface area contributed by atoms with Crippen LogP contribution in [0.1, 0.15) is 20.8 Å². The van der Waals surface area contributed by atoms with E-state index < -0.39 is 5.60 Å². The van der Waals surface area contributed by atoms with Gasteiger partial charge in [-0.25, -0.2) is 0 Å². The summed E-state index contributed by atoms with van der Waals surface area (Å²) in [6.45, 7) is 5.40. The molecule has 78 valence electrons. The molecule has 1 atom stereocenters. The van der Waals surface area contributed by atoms with Crippen molar-refractivity contribution in [2.75, 3.05) is 13.2 Å². The molecule has 0 aliphatic heterocycles. The Morgan fingerprint density at radius 3 is 2.43 bits per heavy atom. The molecule has 0 aromatic heterocycles. The van der Waals surface area contributed by atoms with E-state index in [1.165, 1.54) is 0 Å². The first-order chi connectivity index (χ1) is 6.45. The largest absolute Gasteiger partial charge is 0.378 e. The summed E-state index contributed by atoms with van der Waals surface area (Å²) in [5.74, 6) is 7.63. The van der Waals surface area contributed by atoms with E-state index in [9.17, 15) is 5.11 Å². The highest BCUT2D eigenvalue weighted by molar-refractivity contribution is 5.10. The first-order valence-corrected chi connectivity index (χ1v) is 4.35. The zero-order valence-corrected chi connectivity index (χ0v) is 8.83. The van der Waals surface area contributed by atoms with Crippen molar-refractivity contribution < 1.29 is 14.6 Å². The first-order valence-electron chi connectivity index (χ1n) is 4.35. The molecule has 0 saturated carbocycles. The number of hydrogen-bond donors (Lipinski definition) is 1. The Morgan fingerprint density at radius 1 is 1.36 bits per heavy atom. The predicted octanol–water partition coefficient (Wildman–Crippen LogP) is 0.773. The molecule has 0 aliphatic carbocycles. The highest BCUT2D eigenvalue weighted by Crippen LogP contribution is 1.96. The van der Waals surface area contributed by atoms with Crippen LogP contribution < -0.4 is 0 Å². The van der Waals surface area contributed by atoms with Gasteiger partial charge in [-0.2, -0.15) is 0 Å². The molecule has 0 rings (SSSR count). The summed E-state index contributed by atoms with van der Waals surface area (Å²) in [7, 11) is 0. The van der Waals surface area contributed by atoms with Gasteiger partial charge in [-0.05, 0) is 20.8 Å². The van der Waals surface area contributed by atoms with Gasteiger partial charge in [0.05, 0.1) is 0 Å². The Morgan fingerprint density at radius 2 is 1.93 bits per heavy atom. The lowest BCUT2D eigenvalue weighted by Gasteiger charge is -2.10. The SMILES string of the molecule is C#CCOC(C)OCC#CC(C)(C)O. The molecule has 0 saturated heterocycles. The van der Waals surface area contributed by atoms with Crippen LogP contribution in [0.3, 0.4) is 0 Å². The van der Waals surface area contributed by atoms with Gasteiger partial charge in [0.15, 0.2) is 6.29 Å². The lowest BCUT2D eigenvalue weighted by molar-refractivity contribution is -0.110. The fourth-order valence-corrected chi connectivity index (χ4v) is 0.625. The Labute approximate surface area is 85.4 Å². The van der Waals surface area contributed by atoms with Gasteiger partial charge in [0.25, 0.3) is 0 Å². The average Bonchev–Trinajstić information content (AvgIpc) is 2.07. The molecule has 0 fully saturated rings. The lowest BCUT2D eigenvalue weighted by Crippen LogP contribution is -2.16. The van der Waals surface area contributed by atoms with Crippen molar-refractivity contribution in [1.29, 1.82) is 0 Å². The van der Waals surface area contributed by atoms with Gasteiger partial charge >= 0.3 is 0 Å². The molecule has 1 N–H and O–H groups in total. The molecule has 0 aromatic carbocycles. The number of rotatable bonds is 4. The zero-order valence-electron chi connectivity index (χ0n) is 8.83. The van der Waals surface area contributed by atoms with Crippen LogP contribution in [0.5, 0.6) is 0 Å². The summed E-state index contributed by atoms with van der Waals surface area (Å²) < 4.78 is 10.2. The summed E-state index contributed by atoms with van der Waals surface area (Å²) in [6, 6.07) is 0. The minimum absolute atomic E-state index is 0.218. The van der Waals surface area contributed by atoms with Crippen LogP contribution >= 0.6 is 0 Å². The van der Waals surface area contributed by atoms with Crippen molar-refractivity contribution >= 4 is 0 Å². The fourth-order valence-electron chi connectivity index (χ4n) is 0.625. The Kier molecular flexibility index (Phi) is 5.99. The van der Waals surface area contributed by atoms with Crippen LogP contribution in [0, 0.1) is 24.2 Å². The topological polar surface area (TPSA) is 38.7 Å². The highest BCUT2D eigenvalue weighted by atomic mass is 16.7. The molecule has 1 unspecified atom stereocenters. The zero-order chi connectivity index (χ0) is 11.0. The van der Waals surface area contributed by atoms with Crippen LogP contribution in [-0.2, 0) is 9.47 Å². The molecule has 3 heteroatoms. The van der Waals surface area contributed by atoms with Crippen LogP contribution in [0.2, 0.25) is 0 Å². The number of aliphatic hydroxyl groups is 1. The van der Waals surface area contributed by atoms with Crippen molar-refractivity contribution in [3.05, 3.63) is 0 Å². The maximum Gasteiger partial charge on any atom is 0.157 e. The second-order valence-corrected chi connectivity index (χ2v) is 3.25.